The highest BCUT2D eigenvalue weighted by Crippen LogP contribution is 2.40. The van der Waals surface area contributed by atoms with Crippen LogP contribution in [0.5, 0.6) is 0 Å². The lowest BCUT2D eigenvalue weighted by molar-refractivity contribution is -0.129. The third-order valence-corrected chi connectivity index (χ3v) is 4.55. The molecule has 0 aliphatic heterocycles. The monoisotopic (exact) mass is 276 g/mol. The Labute approximate surface area is 120 Å². The molecule has 1 saturated carbocycles. The summed E-state index contributed by atoms with van der Waals surface area (Å²) in [5.74, 6) is 0.197. The smallest absolute Gasteiger partial charge is 0.220 e. The zero-order chi connectivity index (χ0) is 14.9. The first-order valence-electron chi connectivity index (χ1n) is 7.13. The van der Waals surface area contributed by atoms with Gasteiger partial charge in [0.15, 0.2) is 0 Å². The third kappa shape index (κ3) is 2.96. The molecule has 0 saturated heterocycles. The second kappa shape index (κ2) is 5.44. The number of hydrogen-bond donors (Lipinski definition) is 3. The Kier molecular flexibility index (Phi) is 4.04. The fourth-order valence-electron chi connectivity index (χ4n) is 2.62. The van der Waals surface area contributed by atoms with E-state index in [-0.39, 0.29) is 29.4 Å². The van der Waals surface area contributed by atoms with Gasteiger partial charge in [0.25, 0.3) is 0 Å². The molecule has 0 heterocycles. The van der Waals surface area contributed by atoms with Crippen molar-refractivity contribution >= 4 is 11.6 Å². The molecule has 4 heteroatoms. The molecule has 2 rings (SSSR count). The van der Waals surface area contributed by atoms with Gasteiger partial charge in [-0.2, -0.15) is 0 Å². The number of aliphatic hydroxyl groups excluding tert-OH is 1. The standard InChI is InChI=1S/C16H24N2O2/c1-10(11-4-6-12(17)7-5-11)8-15(20)18-13-9-14(19)16(13,2)3/h4-7,10,13-14,19H,8-9,17H2,1-3H3,(H,18,20). The molecule has 1 aromatic rings. The van der Waals surface area contributed by atoms with Gasteiger partial charge in [-0.15, -0.1) is 0 Å². The maximum absolute atomic E-state index is 12.1. The molecule has 0 radical (unpaired) electrons. The Bertz CT molecular complexity index is 482. The number of carbonyl (C=O) groups excluding carboxylic acids is 1. The van der Waals surface area contributed by atoms with E-state index >= 15 is 0 Å². The van der Waals surface area contributed by atoms with Crippen LogP contribution in [0.1, 0.15) is 45.1 Å². The highest BCUT2D eigenvalue weighted by Gasteiger charge is 2.47. The molecular formula is C16H24N2O2. The van der Waals surface area contributed by atoms with Crippen molar-refractivity contribution in [2.75, 3.05) is 5.73 Å². The van der Waals surface area contributed by atoms with Crippen molar-refractivity contribution in [1.82, 2.24) is 5.32 Å². The Morgan fingerprint density at radius 3 is 2.55 bits per heavy atom. The molecule has 4 N–H and O–H groups in total. The van der Waals surface area contributed by atoms with Crippen molar-refractivity contribution < 1.29 is 9.90 Å². The summed E-state index contributed by atoms with van der Waals surface area (Å²) in [5.41, 5.74) is 7.28. The number of benzene rings is 1. The van der Waals surface area contributed by atoms with E-state index in [9.17, 15) is 9.90 Å². The highest BCUT2D eigenvalue weighted by molar-refractivity contribution is 5.77. The summed E-state index contributed by atoms with van der Waals surface area (Å²) in [4.78, 5) is 12.1. The summed E-state index contributed by atoms with van der Waals surface area (Å²) in [6, 6.07) is 7.71. The molecule has 1 aliphatic rings. The molecule has 1 aliphatic carbocycles. The predicted molar refractivity (Wildman–Crippen MR) is 80.2 cm³/mol. The van der Waals surface area contributed by atoms with Gasteiger partial charge >= 0.3 is 0 Å². The Morgan fingerprint density at radius 1 is 1.45 bits per heavy atom. The van der Waals surface area contributed by atoms with Gasteiger partial charge in [-0.25, -0.2) is 0 Å². The molecule has 20 heavy (non-hydrogen) atoms. The Hall–Kier alpha value is -1.55. The van der Waals surface area contributed by atoms with Crippen LogP contribution >= 0.6 is 0 Å². The summed E-state index contributed by atoms with van der Waals surface area (Å²) in [6.45, 7) is 6.00. The van der Waals surface area contributed by atoms with Gasteiger partial charge in [0.2, 0.25) is 5.91 Å². The van der Waals surface area contributed by atoms with Crippen molar-refractivity contribution in [3.63, 3.8) is 0 Å². The minimum atomic E-state index is -0.317. The van der Waals surface area contributed by atoms with Gasteiger partial charge in [0, 0.05) is 23.6 Å². The topological polar surface area (TPSA) is 75.3 Å². The quantitative estimate of drug-likeness (QED) is 0.737. The molecular weight excluding hydrogens is 252 g/mol. The van der Waals surface area contributed by atoms with Crippen LogP contribution in [0.15, 0.2) is 24.3 Å². The maximum Gasteiger partial charge on any atom is 0.220 e. The van der Waals surface area contributed by atoms with Gasteiger partial charge in [-0.1, -0.05) is 32.9 Å². The number of aliphatic hydroxyl groups is 1. The van der Waals surface area contributed by atoms with E-state index in [1.165, 1.54) is 0 Å². The van der Waals surface area contributed by atoms with Crippen LogP contribution in [0.4, 0.5) is 5.69 Å². The average Bonchev–Trinajstić information content (AvgIpc) is 2.39. The maximum atomic E-state index is 12.1. The van der Waals surface area contributed by atoms with Gasteiger partial charge in [0.05, 0.1) is 6.10 Å². The van der Waals surface area contributed by atoms with E-state index in [1.807, 2.05) is 45.0 Å². The van der Waals surface area contributed by atoms with Crippen LogP contribution in [0.3, 0.4) is 0 Å². The average molecular weight is 276 g/mol. The van der Waals surface area contributed by atoms with Crippen LogP contribution in [0, 0.1) is 5.41 Å². The van der Waals surface area contributed by atoms with Gasteiger partial charge < -0.3 is 16.2 Å². The number of carbonyl (C=O) groups is 1. The van der Waals surface area contributed by atoms with E-state index in [4.69, 9.17) is 5.73 Å². The van der Waals surface area contributed by atoms with Gasteiger partial charge in [0.1, 0.15) is 0 Å². The molecule has 0 spiro atoms. The zero-order valence-electron chi connectivity index (χ0n) is 12.4. The van der Waals surface area contributed by atoms with E-state index < -0.39 is 0 Å². The number of anilines is 1. The lowest BCUT2D eigenvalue weighted by Crippen LogP contribution is -2.61. The summed E-state index contributed by atoms with van der Waals surface area (Å²) in [5, 5.41) is 12.7. The van der Waals surface area contributed by atoms with Crippen molar-refractivity contribution in [1.29, 1.82) is 0 Å². The molecule has 0 bridgehead atoms. The predicted octanol–water partition coefficient (Wildman–Crippen LogP) is 2.04. The number of nitrogens with two attached hydrogens (primary N) is 1. The van der Waals surface area contributed by atoms with Crippen LogP contribution in [-0.2, 0) is 4.79 Å². The van der Waals surface area contributed by atoms with Crippen molar-refractivity contribution in [2.24, 2.45) is 5.41 Å². The third-order valence-electron chi connectivity index (χ3n) is 4.55. The van der Waals surface area contributed by atoms with Gasteiger partial charge in [-0.3, -0.25) is 4.79 Å². The van der Waals surface area contributed by atoms with E-state index in [0.717, 1.165) is 11.3 Å². The van der Waals surface area contributed by atoms with Crippen LogP contribution in [-0.4, -0.2) is 23.2 Å². The first-order valence-corrected chi connectivity index (χ1v) is 7.13. The number of nitrogen functional groups attached to an aromatic ring is 1. The van der Waals surface area contributed by atoms with Crippen molar-refractivity contribution in [2.45, 2.75) is 51.7 Å². The first-order chi connectivity index (χ1) is 9.30. The minimum Gasteiger partial charge on any atom is -0.399 e. The fraction of sp³-hybridized carbons (Fsp3) is 0.562. The highest BCUT2D eigenvalue weighted by atomic mass is 16.3. The second-order valence-electron chi connectivity index (χ2n) is 6.46. The molecule has 1 fully saturated rings. The summed E-state index contributed by atoms with van der Waals surface area (Å²) < 4.78 is 0. The number of nitrogens with one attached hydrogen (secondary N) is 1. The van der Waals surface area contributed by atoms with Crippen LogP contribution in [0.2, 0.25) is 0 Å². The van der Waals surface area contributed by atoms with Crippen molar-refractivity contribution in [3.8, 4) is 0 Å². The molecule has 4 nitrogen and oxygen atoms in total. The summed E-state index contributed by atoms with van der Waals surface area (Å²) in [6.07, 6.45) is 0.782. The van der Waals surface area contributed by atoms with E-state index in [2.05, 4.69) is 5.32 Å². The molecule has 110 valence electrons. The molecule has 3 atom stereocenters. The second-order valence-corrected chi connectivity index (χ2v) is 6.46. The fourth-order valence-corrected chi connectivity index (χ4v) is 2.62. The lowest BCUT2D eigenvalue weighted by Gasteiger charge is -2.49. The SMILES string of the molecule is CC(CC(=O)NC1CC(O)C1(C)C)c1ccc(N)cc1. The molecule has 1 aromatic carbocycles. The number of amides is 1. The van der Waals surface area contributed by atoms with Crippen LogP contribution < -0.4 is 11.1 Å². The summed E-state index contributed by atoms with van der Waals surface area (Å²) >= 11 is 0. The molecule has 0 aromatic heterocycles. The van der Waals surface area contributed by atoms with Crippen molar-refractivity contribution in [3.05, 3.63) is 29.8 Å². The van der Waals surface area contributed by atoms with Crippen LogP contribution in [0.25, 0.3) is 0 Å². The minimum absolute atomic E-state index is 0.0410. The lowest BCUT2D eigenvalue weighted by atomic mass is 9.64. The Morgan fingerprint density at radius 2 is 2.05 bits per heavy atom. The number of rotatable bonds is 4. The molecule has 1 amide bonds. The van der Waals surface area contributed by atoms with E-state index in [1.54, 1.807) is 0 Å². The first kappa shape index (κ1) is 14.9. The largest absolute Gasteiger partial charge is 0.399 e. The summed E-state index contributed by atoms with van der Waals surface area (Å²) in [7, 11) is 0. The zero-order valence-corrected chi connectivity index (χ0v) is 12.4. The molecule has 3 unspecified atom stereocenters. The Balaban J connectivity index is 1.87. The number of hydrogen-bond acceptors (Lipinski definition) is 3. The van der Waals surface area contributed by atoms with E-state index in [0.29, 0.717) is 12.8 Å². The normalized spacial score (nSPS) is 25.6. The van der Waals surface area contributed by atoms with Gasteiger partial charge in [-0.05, 0) is 30.0 Å².